The molecule has 0 saturated heterocycles. The van der Waals surface area contributed by atoms with Gasteiger partial charge in [-0.2, -0.15) is 0 Å². The lowest BCUT2D eigenvalue weighted by Gasteiger charge is -2.18. The lowest BCUT2D eigenvalue weighted by molar-refractivity contribution is 0.287. The third kappa shape index (κ3) is 5.16. The molecule has 0 bridgehead atoms. The minimum absolute atomic E-state index is 0.0879. The van der Waals surface area contributed by atoms with Gasteiger partial charge in [0.1, 0.15) is 24.0 Å². The van der Waals surface area contributed by atoms with Crippen molar-refractivity contribution >= 4 is 23.0 Å². The number of ether oxygens (including phenoxy) is 1. The molecule has 0 aliphatic rings. The number of aryl methyl sites for hydroxylation is 2. The van der Waals surface area contributed by atoms with Gasteiger partial charge in [-0.3, -0.25) is 0 Å². The zero-order valence-electron chi connectivity index (χ0n) is 13.8. The molecule has 2 aromatic rings. The first-order chi connectivity index (χ1) is 11.3. The molecule has 2 aromatic carbocycles. The van der Waals surface area contributed by atoms with Gasteiger partial charge in [0.25, 0.3) is 0 Å². The van der Waals surface area contributed by atoms with E-state index in [9.17, 15) is 8.78 Å². The SMILES string of the molecule is Cc1ccc(OC[C@@H](C)NC(=S)Nc2ccc(F)cc2F)cc1C. The van der Waals surface area contributed by atoms with Gasteiger partial charge in [-0.05, 0) is 68.4 Å². The second kappa shape index (κ2) is 8.06. The molecule has 0 heterocycles. The molecule has 0 amide bonds. The smallest absolute Gasteiger partial charge is 0.171 e. The Bertz CT molecular complexity index is 737. The normalized spacial score (nSPS) is 11.7. The molecule has 0 spiro atoms. The Balaban J connectivity index is 1.83. The van der Waals surface area contributed by atoms with Crippen LogP contribution in [0.1, 0.15) is 18.1 Å². The van der Waals surface area contributed by atoms with Crippen molar-refractivity contribution in [2.45, 2.75) is 26.8 Å². The second-order valence-corrected chi connectivity index (χ2v) is 6.09. The molecule has 128 valence electrons. The Kier molecular flexibility index (Phi) is 6.09. The summed E-state index contributed by atoms with van der Waals surface area (Å²) < 4.78 is 32.2. The molecule has 6 heteroatoms. The molecule has 0 aliphatic heterocycles. The monoisotopic (exact) mass is 350 g/mol. The van der Waals surface area contributed by atoms with Gasteiger partial charge in [-0.15, -0.1) is 0 Å². The van der Waals surface area contributed by atoms with Gasteiger partial charge in [0.2, 0.25) is 0 Å². The number of rotatable bonds is 5. The highest BCUT2D eigenvalue weighted by Crippen LogP contribution is 2.17. The third-order valence-electron chi connectivity index (χ3n) is 3.54. The van der Waals surface area contributed by atoms with E-state index >= 15 is 0 Å². The number of halogens is 2. The highest BCUT2D eigenvalue weighted by molar-refractivity contribution is 7.80. The molecule has 2 rings (SSSR count). The first-order valence-corrected chi connectivity index (χ1v) is 7.98. The van der Waals surface area contributed by atoms with Crippen LogP contribution in [0, 0.1) is 25.5 Å². The van der Waals surface area contributed by atoms with Crippen molar-refractivity contribution < 1.29 is 13.5 Å². The maximum atomic E-state index is 13.6. The predicted octanol–water partition coefficient (Wildman–Crippen LogP) is 4.34. The molecule has 0 saturated carbocycles. The van der Waals surface area contributed by atoms with E-state index in [2.05, 4.69) is 10.6 Å². The van der Waals surface area contributed by atoms with Crippen molar-refractivity contribution in [3.63, 3.8) is 0 Å². The molecule has 2 N–H and O–H groups in total. The van der Waals surface area contributed by atoms with E-state index in [0.29, 0.717) is 6.61 Å². The Morgan fingerprint density at radius 3 is 2.54 bits per heavy atom. The van der Waals surface area contributed by atoms with E-state index in [1.54, 1.807) is 0 Å². The molecule has 1 atom stereocenters. The largest absolute Gasteiger partial charge is 0.491 e. The summed E-state index contributed by atoms with van der Waals surface area (Å²) in [4.78, 5) is 0. The number of hydrogen-bond donors (Lipinski definition) is 2. The van der Waals surface area contributed by atoms with Crippen LogP contribution in [0.2, 0.25) is 0 Å². The van der Waals surface area contributed by atoms with E-state index in [1.807, 2.05) is 39.0 Å². The van der Waals surface area contributed by atoms with E-state index in [1.165, 1.54) is 17.7 Å². The van der Waals surface area contributed by atoms with E-state index < -0.39 is 11.6 Å². The van der Waals surface area contributed by atoms with Crippen molar-refractivity contribution in [2.24, 2.45) is 0 Å². The number of nitrogens with one attached hydrogen (secondary N) is 2. The standard InChI is InChI=1S/C18H20F2N2OS/c1-11-4-6-15(8-12(11)2)23-10-13(3)21-18(24)22-17-7-5-14(19)9-16(17)20/h4-9,13H,10H2,1-3H3,(H2,21,22,24)/t13-/m1/s1. The fraction of sp³-hybridized carbons (Fsp3) is 0.278. The van der Waals surface area contributed by atoms with Crippen LogP contribution in [-0.2, 0) is 0 Å². The van der Waals surface area contributed by atoms with Crippen LogP contribution in [0.25, 0.3) is 0 Å². The third-order valence-corrected chi connectivity index (χ3v) is 3.76. The fourth-order valence-corrected chi connectivity index (χ4v) is 2.35. The van der Waals surface area contributed by atoms with Gasteiger partial charge in [-0.1, -0.05) is 6.07 Å². The van der Waals surface area contributed by atoms with Crippen LogP contribution in [-0.4, -0.2) is 17.8 Å². The molecule has 0 aromatic heterocycles. The number of benzene rings is 2. The summed E-state index contributed by atoms with van der Waals surface area (Å²) in [5, 5.41) is 5.95. The minimum atomic E-state index is -0.696. The van der Waals surface area contributed by atoms with Crippen LogP contribution >= 0.6 is 12.2 Å². The Morgan fingerprint density at radius 1 is 1.12 bits per heavy atom. The molecule has 0 unspecified atom stereocenters. The average Bonchev–Trinajstić information content (AvgIpc) is 2.51. The Morgan fingerprint density at radius 2 is 1.88 bits per heavy atom. The van der Waals surface area contributed by atoms with Gasteiger partial charge in [0.15, 0.2) is 5.11 Å². The molecule has 3 nitrogen and oxygen atoms in total. The first kappa shape index (κ1) is 18.1. The highest BCUT2D eigenvalue weighted by Gasteiger charge is 2.09. The van der Waals surface area contributed by atoms with Crippen molar-refractivity contribution in [2.75, 3.05) is 11.9 Å². The molecular formula is C18H20F2N2OS. The summed E-state index contributed by atoms with van der Waals surface area (Å²) >= 11 is 5.14. The second-order valence-electron chi connectivity index (χ2n) is 5.68. The quantitative estimate of drug-likeness (QED) is 0.786. The predicted molar refractivity (Wildman–Crippen MR) is 96.6 cm³/mol. The van der Waals surface area contributed by atoms with E-state index in [4.69, 9.17) is 17.0 Å². The number of hydrogen-bond acceptors (Lipinski definition) is 2. The number of anilines is 1. The number of thiocarbonyl (C=S) groups is 1. The molecule has 24 heavy (non-hydrogen) atoms. The fourth-order valence-electron chi connectivity index (χ4n) is 2.04. The summed E-state index contributed by atoms with van der Waals surface area (Å²) in [6.07, 6.45) is 0. The maximum absolute atomic E-state index is 13.6. The van der Waals surface area contributed by atoms with Crippen LogP contribution < -0.4 is 15.4 Å². The van der Waals surface area contributed by atoms with Gasteiger partial charge in [0, 0.05) is 6.07 Å². The average molecular weight is 350 g/mol. The lowest BCUT2D eigenvalue weighted by Crippen LogP contribution is -2.39. The van der Waals surface area contributed by atoms with E-state index in [0.717, 1.165) is 17.4 Å². The molecule has 0 radical (unpaired) electrons. The van der Waals surface area contributed by atoms with Crippen molar-refractivity contribution in [3.05, 3.63) is 59.2 Å². The lowest BCUT2D eigenvalue weighted by atomic mass is 10.1. The van der Waals surface area contributed by atoms with Gasteiger partial charge in [0.05, 0.1) is 11.7 Å². The maximum Gasteiger partial charge on any atom is 0.171 e. The zero-order chi connectivity index (χ0) is 17.7. The molecule has 0 aliphatic carbocycles. The summed E-state index contributed by atoms with van der Waals surface area (Å²) in [6, 6.07) is 9.08. The van der Waals surface area contributed by atoms with Crippen LogP contribution in [0.3, 0.4) is 0 Å². The highest BCUT2D eigenvalue weighted by atomic mass is 32.1. The van der Waals surface area contributed by atoms with Gasteiger partial charge in [-0.25, -0.2) is 8.78 Å². The zero-order valence-corrected chi connectivity index (χ0v) is 14.6. The van der Waals surface area contributed by atoms with Crippen molar-refractivity contribution in [1.82, 2.24) is 5.32 Å². The van der Waals surface area contributed by atoms with Crippen molar-refractivity contribution in [3.8, 4) is 5.75 Å². The summed E-state index contributed by atoms with van der Waals surface area (Å²) in [5.41, 5.74) is 2.49. The Hall–Kier alpha value is -2.21. The minimum Gasteiger partial charge on any atom is -0.491 e. The first-order valence-electron chi connectivity index (χ1n) is 7.58. The van der Waals surface area contributed by atoms with Crippen LogP contribution in [0.15, 0.2) is 36.4 Å². The van der Waals surface area contributed by atoms with Crippen molar-refractivity contribution in [1.29, 1.82) is 0 Å². The van der Waals surface area contributed by atoms with E-state index in [-0.39, 0.29) is 16.8 Å². The molecule has 0 fully saturated rings. The van der Waals surface area contributed by atoms with Gasteiger partial charge < -0.3 is 15.4 Å². The summed E-state index contributed by atoms with van der Waals surface area (Å²) in [5.74, 6) is -0.541. The van der Waals surface area contributed by atoms with Crippen LogP contribution in [0.5, 0.6) is 5.75 Å². The van der Waals surface area contributed by atoms with Gasteiger partial charge >= 0.3 is 0 Å². The Labute approximate surface area is 146 Å². The molecular weight excluding hydrogens is 330 g/mol. The topological polar surface area (TPSA) is 33.3 Å². The van der Waals surface area contributed by atoms with Crippen LogP contribution in [0.4, 0.5) is 14.5 Å². The summed E-state index contributed by atoms with van der Waals surface area (Å²) in [7, 11) is 0. The summed E-state index contributed by atoms with van der Waals surface area (Å²) in [6.45, 7) is 6.37.